The van der Waals surface area contributed by atoms with Crippen molar-refractivity contribution in [2.45, 2.75) is 6.92 Å². The van der Waals surface area contributed by atoms with Crippen LogP contribution in [0.15, 0.2) is 65.3 Å². The van der Waals surface area contributed by atoms with Gasteiger partial charge in [-0.3, -0.25) is 0 Å². The molecular weight excluding hydrogens is 262 g/mol. The van der Waals surface area contributed by atoms with Crippen molar-refractivity contribution in [2.24, 2.45) is 4.99 Å². The van der Waals surface area contributed by atoms with Gasteiger partial charge in [-0.1, -0.05) is 24.3 Å². The summed E-state index contributed by atoms with van der Waals surface area (Å²) < 4.78 is 5.36. The highest BCUT2D eigenvalue weighted by molar-refractivity contribution is 6.07. The van der Waals surface area contributed by atoms with Crippen molar-refractivity contribution in [3.05, 3.63) is 60.3 Å². The zero-order chi connectivity index (χ0) is 14.7. The third-order valence-corrected chi connectivity index (χ3v) is 3.20. The molecule has 3 rings (SSSR count). The molecule has 2 aromatic carbocycles. The Kier molecular flexibility index (Phi) is 3.60. The Hall–Kier alpha value is -2.75. The monoisotopic (exact) mass is 279 g/mol. The Balaban J connectivity index is 1.98. The van der Waals surface area contributed by atoms with Gasteiger partial charge >= 0.3 is 0 Å². The van der Waals surface area contributed by atoms with Crippen LogP contribution in [0.5, 0.6) is 5.75 Å². The summed E-state index contributed by atoms with van der Waals surface area (Å²) in [4.78, 5) is 4.67. The SMILES string of the molecule is COc1ccccc1NC1=Nc2ccccc2NC(C)=C1. The predicted octanol–water partition coefficient (Wildman–Crippen LogP) is 4.17. The third kappa shape index (κ3) is 2.89. The molecule has 0 fully saturated rings. The first kappa shape index (κ1) is 13.2. The van der Waals surface area contributed by atoms with Crippen LogP contribution < -0.4 is 15.4 Å². The fourth-order valence-corrected chi connectivity index (χ4v) is 2.24. The highest BCUT2D eigenvalue weighted by atomic mass is 16.5. The van der Waals surface area contributed by atoms with Gasteiger partial charge in [0.05, 0.1) is 24.2 Å². The van der Waals surface area contributed by atoms with Crippen molar-refractivity contribution in [2.75, 3.05) is 17.7 Å². The van der Waals surface area contributed by atoms with E-state index < -0.39 is 0 Å². The van der Waals surface area contributed by atoms with Crippen LogP contribution in [0.4, 0.5) is 17.1 Å². The van der Waals surface area contributed by atoms with Gasteiger partial charge < -0.3 is 15.4 Å². The maximum atomic E-state index is 5.36. The van der Waals surface area contributed by atoms with E-state index in [2.05, 4.69) is 15.6 Å². The van der Waals surface area contributed by atoms with Gasteiger partial charge in [-0.15, -0.1) is 0 Å². The van der Waals surface area contributed by atoms with E-state index >= 15 is 0 Å². The Morgan fingerprint density at radius 1 is 1.05 bits per heavy atom. The quantitative estimate of drug-likeness (QED) is 0.867. The molecule has 0 aromatic heterocycles. The first-order valence-electron chi connectivity index (χ1n) is 6.79. The summed E-state index contributed by atoms with van der Waals surface area (Å²) in [6.07, 6.45) is 1.98. The van der Waals surface area contributed by atoms with Gasteiger partial charge in [0.1, 0.15) is 11.6 Å². The number of hydrogen-bond acceptors (Lipinski definition) is 4. The number of nitrogens with zero attached hydrogens (tertiary/aromatic N) is 1. The number of nitrogens with one attached hydrogen (secondary N) is 2. The molecule has 1 aliphatic rings. The standard InChI is InChI=1S/C17H17N3O/c1-12-11-17(19-14-8-4-3-7-13(14)18-12)20-15-9-5-6-10-16(15)21-2/h3-11,18H,1-2H3,(H,19,20). The van der Waals surface area contributed by atoms with Gasteiger partial charge in [0.25, 0.3) is 0 Å². The van der Waals surface area contributed by atoms with Crippen LogP contribution in [-0.2, 0) is 0 Å². The van der Waals surface area contributed by atoms with Crippen LogP contribution in [0.1, 0.15) is 6.92 Å². The van der Waals surface area contributed by atoms with E-state index in [0.717, 1.165) is 34.3 Å². The Morgan fingerprint density at radius 2 is 1.81 bits per heavy atom. The average Bonchev–Trinajstić information content (AvgIpc) is 2.65. The van der Waals surface area contributed by atoms with E-state index in [9.17, 15) is 0 Å². The lowest BCUT2D eigenvalue weighted by Gasteiger charge is -2.10. The number of benzene rings is 2. The van der Waals surface area contributed by atoms with Gasteiger partial charge in [-0.2, -0.15) is 0 Å². The second-order valence-corrected chi connectivity index (χ2v) is 4.79. The van der Waals surface area contributed by atoms with Crippen molar-refractivity contribution in [1.29, 1.82) is 0 Å². The topological polar surface area (TPSA) is 45.6 Å². The fraction of sp³-hybridized carbons (Fsp3) is 0.118. The van der Waals surface area contributed by atoms with Crippen LogP contribution in [0.3, 0.4) is 0 Å². The van der Waals surface area contributed by atoms with Gasteiger partial charge in [0.15, 0.2) is 0 Å². The number of methoxy groups -OCH3 is 1. The van der Waals surface area contributed by atoms with Crippen molar-refractivity contribution >= 4 is 22.9 Å². The first-order valence-corrected chi connectivity index (χ1v) is 6.79. The molecule has 1 heterocycles. The van der Waals surface area contributed by atoms with Crippen molar-refractivity contribution < 1.29 is 4.74 Å². The highest BCUT2D eigenvalue weighted by Crippen LogP contribution is 2.29. The molecule has 0 saturated heterocycles. The van der Waals surface area contributed by atoms with E-state index in [1.54, 1.807) is 7.11 Å². The van der Waals surface area contributed by atoms with Crippen LogP contribution in [0, 0.1) is 0 Å². The Morgan fingerprint density at radius 3 is 2.67 bits per heavy atom. The lowest BCUT2D eigenvalue weighted by Crippen LogP contribution is -2.10. The maximum absolute atomic E-state index is 5.36. The highest BCUT2D eigenvalue weighted by Gasteiger charge is 2.09. The number of hydrogen-bond donors (Lipinski definition) is 2. The second kappa shape index (κ2) is 5.71. The largest absolute Gasteiger partial charge is 0.495 e. The summed E-state index contributed by atoms with van der Waals surface area (Å²) in [5, 5.41) is 6.66. The summed E-state index contributed by atoms with van der Waals surface area (Å²) in [6.45, 7) is 2.02. The number of para-hydroxylation sites is 4. The smallest absolute Gasteiger partial charge is 0.142 e. The normalized spacial score (nSPS) is 13.2. The Bertz CT molecular complexity index is 719. The molecule has 4 nitrogen and oxygen atoms in total. The van der Waals surface area contributed by atoms with E-state index in [-0.39, 0.29) is 0 Å². The molecule has 0 saturated carbocycles. The summed E-state index contributed by atoms with van der Waals surface area (Å²) in [5.41, 5.74) is 3.83. The number of allylic oxidation sites excluding steroid dienone is 1. The van der Waals surface area contributed by atoms with Crippen LogP contribution in [-0.4, -0.2) is 12.9 Å². The van der Waals surface area contributed by atoms with Gasteiger partial charge in [0, 0.05) is 5.70 Å². The molecule has 1 aliphatic heterocycles. The summed E-state index contributed by atoms with van der Waals surface area (Å²) >= 11 is 0. The molecule has 0 atom stereocenters. The summed E-state index contributed by atoms with van der Waals surface area (Å²) in [5.74, 6) is 1.56. The number of amidine groups is 1. The zero-order valence-electron chi connectivity index (χ0n) is 12.1. The van der Waals surface area contributed by atoms with Crippen LogP contribution in [0.25, 0.3) is 0 Å². The van der Waals surface area contributed by atoms with Gasteiger partial charge in [0.2, 0.25) is 0 Å². The van der Waals surface area contributed by atoms with Gasteiger partial charge in [-0.25, -0.2) is 4.99 Å². The van der Waals surface area contributed by atoms with Crippen molar-refractivity contribution in [3.8, 4) is 5.75 Å². The molecule has 0 spiro atoms. The maximum Gasteiger partial charge on any atom is 0.142 e. The predicted molar refractivity (Wildman–Crippen MR) is 87.5 cm³/mol. The third-order valence-electron chi connectivity index (χ3n) is 3.20. The molecule has 106 valence electrons. The molecule has 2 aromatic rings. The molecule has 0 unspecified atom stereocenters. The summed E-state index contributed by atoms with van der Waals surface area (Å²) in [6, 6.07) is 15.8. The van der Waals surface area contributed by atoms with Crippen LogP contribution in [0.2, 0.25) is 0 Å². The lowest BCUT2D eigenvalue weighted by molar-refractivity contribution is 0.417. The van der Waals surface area contributed by atoms with Crippen molar-refractivity contribution in [1.82, 2.24) is 0 Å². The van der Waals surface area contributed by atoms with Gasteiger partial charge in [-0.05, 0) is 37.3 Å². The molecule has 0 aliphatic carbocycles. The lowest BCUT2D eigenvalue weighted by atomic mass is 10.2. The minimum atomic E-state index is 0.773. The number of rotatable bonds is 2. The zero-order valence-corrected chi connectivity index (χ0v) is 12.1. The average molecular weight is 279 g/mol. The summed E-state index contributed by atoms with van der Waals surface area (Å²) in [7, 11) is 1.66. The molecule has 21 heavy (non-hydrogen) atoms. The number of ether oxygens (including phenoxy) is 1. The number of aliphatic imine (C=N–C) groups is 1. The fourth-order valence-electron chi connectivity index (χ4n) is 2.24. The molecule has 2 N–H and O–H groups in total. The first-order chi connectivity index (χ1) is 10.3. The molecule has 0 bridgehead atoms. The van der Waals surface area contributed by atoms with Crippen molar-refractivity contribution in [3.63, 3.8) is 0 Å². The Labute approximate surface area is 124 Å². The van der Waals surface area contributed by atoms with Crippen LogP contribution >= 0.6 is 0 Å². The minimum Gasteiger partial charge on any atom is -0.495 e. The molecular formula is C17H17N3O. The molecule has 4 heteroatoms. The van der Waals surface area contributed by atoms with E-state index in [4.69, 9.17) is 4.74 Å². The molecule has 0 radical (unpaired) electrons. The van der Waals surface area contributed by atoms with E-state index in [0.29, 0.717) is 0 Å². The second-order valence-electron chi connectivity index (χ2n) is 4.79. The molecule has 0 amide bonds. The van der Waals surface area contributed by atoms with E-state index in [1.807, 2.05) is 61.5 Å². The number of anilines is 2. The number of fused-ring (bicyclic) bond motifs is 1. The van der Waals surface area contributed by atoms with E-state index in [1.165, 1.54) is 0 Å². The minimum absolute atomic E-state index is 0.773.